The van der Waals surface area contributed by atoms with E-state index in [1.165, 1.54) is 12.1 Å². The number of rotatable bonds is 1. The highest BCUT2D eigenvalue weighted by Crippen LogP contribution is 2.35. The first-order valence-electron chi connectivity index (χ1n) is 5.94. The van der Waals surface area contributed by atoms with Crippen LogP contribution in [0.3, 0.4) is 0 Å². The van der Waals surface area contributed by atoms with E-state index in [9.17, 15) is 0 Å². The summed E-state index contributed by atoms with van der Waals surface area (Å²) in [5.74, 6) is 0. The molecule has 2 nitrogen and oxygen atoms in total. The van der Waals surface area contributed by atoms with E-state index in [0.717, 1.165) is 28.6 Å². The van der Waals surface area contributed by atoms with E-state index in [-0.39, 0.29) is 5.54 Å². The second-order valence-corrected chi connectivity index (χ2v) is 6.86. The summed E-state index contributed by atoms with van der Waals surface area (Å²) in [4.78, 5) is 2.45. The smallest absolute Gasteiger partial charge is 0.0655 e. The van der Waals surface area contributed by atoms with E-state index < -0.39 is 0 Å². The molecular weight excluding hydrogens is 344 g/mol. The van der Waals surface area contributed by atoms with Gasteiger partial charge >= 0.3 is 0 Å². The molecule has 0 spiro atoms. The van der Waals surface area contributed by atoms with Crippen LogP contribution in [-0.2, 0) is 0 Å². The summed E-state index contributed by atoms with van der Waals surface area (Å²) in [7, 11) is 0. The molecule has 94 valence electrons. The number of nitrogens with zero attached hydrogens (tertiary/aromatic N) is 1. The third-order valence-corrected chi connectivity index (χ3v) is 4.33. The summed E-state index contributed by atoms with van der Waals surface area (Å²) >= 11 is 7.31. The predicted octanol–water partition coefficient (Wildman–Crippen LogP) is 3.79. The fourth-order valence-corrected chi connectivity index (χ4v) is 3.79. The van der Waals surface area contributed by atoms with Crippen LogP contribution in [-0.4, -0.2) is 25.2 Å². The topological polar surface area (TPSA) is 15.3 Å². The van der Waals surface area contributed by atoms with Crippen LogP contribution in [0, 0.1) is 0 Å². The molecule has 0 saturated carbocycles. The van der Waals surface area contributed by atoms with Gasteiger partial charge in [-0.05, 0) is 70.8 Å². The van der Waals surface area contributed by atoms with Crippen molar-refractivity contribution in [3.8, 4) is 0 Å². The van der Waals surface area contributed by atoms with E-state index in [4.69, 9.17) is 0 Å². The fraction of sp³-hybridized carbons (Fsp3) is 0.538. The molecule has 0 atom stereocenters. The predicted molar refractivity (Wildman–Crippen MR) is 80.8 cm³/mol. The number of hydrogen-bond donors (Lipinski definition) is 1. The summed E-state index contributed by atoms with van der Waals surface area (Å²) < 4.78 is 2.31. The Morgan fingerprint density at radius 2 is 1.88 bits per heavy atom. The molecule has 1 fully saturated rings. The van der Waals surface area contributed by atoms with Crippen molar-refractivity contribution in [2.24, 2.45) is 0 Å². The van der Waals surface area contributed by atoms with Gasteiger partial charge in [-0.2, -0.15) is 0 Å². The van der Waals surface area contributed by atoms with Crippen LogP contribution < -0.4 is 10.2 Å². The zero-order chi connectivity index (χ0) is 12.5. The largest absolute Gasteiger partial charge is 0.368 e. The summed E-state index contributed by atoms with van der Waals surface area (Å²) in [6.45, 7) is 7.73. The van der Waals surface area contributed by atoms with Crippen molar-refractivity contribution in [2.75, 3.05) is 24.5 Å². The molecule has 1 aromatic rings. The van der Waals surface area contributed by atoms with Gasteiger partial charge < -0.3 is 10.2 Å². The van der Waals surface area contributed by atoms with Gasteiger partial charge in [0.05, 0.1) is 5.69 Å². The van der Waals surface area contributed by atoms with Gasteiger partial charge in [-0.3, -0.25) is 0 Å². The minimum absolute atomic E-state index is 0.158. The van der Waals surface area contributed by atoms with Crippen LogP contribution in [0.15, 0.2) is 27.1 Å². The van der Waals surface area contributed by atoms with Gasteiger partial charge in [0.15, 0.2) is 0 Å². The van der Waals surface area contributed by atoms with Crippen molar-refractivity contribution in [2.45, 2.75) is 25.8 Å². The summed E-state index contributed by atoms with van der Waals surface area (Å²) in [5, 5.41) is 3.59. The van der Waals surface area contributed by atoms with E-state index in [0.29, 0.717) is 0 Å². The van der Waals surface area contributed by atoms with Gasteiger partial charge in [0, 0.05) is 27.6 Å². The molecule has 1 aliphatic rings. The van der Waals surface area contributed by atoms with Crippen molar-refractivity contribution >= 4 is 37.5 Å². The molecule has 0 bridgehead atoms. The van der Waals surface area contributed by atoms with E-state index in [1.54, 1.807) is 0 Å². The molecule has 1 aliphatic heterocycles. The Bertz CT molecular complexity index is 384. The Morgan fingerprint density at radius 1 is 1.24 bits per heavy atom. The maximum Gasteiger partial charge on any atom is 0.0655 e. The Balaban J connectivity index is 2.32. The third kappa shape index (κ3) is 3.24. The minimum Gasteiger partial charge on any atom is -0.368 e. The van der Waals surface area contributed by atoms with Gasteiger partial charge in [-0.15, -0.1) is 0 Å². The first-order chi connectivity index (χ1) is 7.99. The number of benzene rings is 1. The zero-order valence-corrected chi connectivity index (χ0v) is 13.4. The highest BCUT2D eigenvalue weighted by Gasteiger charge is 2.25. The van der Waals surface area contributed by atoms with E-state index >= 15 is 0 Å². The van der Waals surface area contributed by atoms with Gasteiger partial charge in [-0.1, -0.05) is 6.07 Å². The molecule has 0 unspecified atom stereocenters. The minimum atomic E-state index is 0.158. The molecule has 2 rings (SSSR count). The van der Waals surface area contributed by atoms with E-state index in [1.807, 2.05) is 0 Å². The second kappa shape index (κ2) is 5.29. The molecule has 4 heteroatoms. The third-order valence-electron chi connectivity index (χ3n) is 3.05. The summed E-state index contributed by atoms with van der Waals surface area (Å²) in [6.07, 6.45) is 1.18. The molecule has 1 N–H and O–H groups in total. The fourth-order valence-electron chi connectivity index (χ4n) is 2.29. The zero-order valence-electron chi connectivity index (χ0n) is 10.3. The quantitative estimate of drug-likeness (QED) is 0.818. The van der Waals surface area contributed by atoms with Crippen LogP contribution >= 0.6 is 31.9 Å². The van der Waals surface area contributed by atoms with Crippen molar-refractivity contribution in [1.29, 1.82) is 0 Å². The Morgan fingerprint density at radius 3 is 2.53 bits per heavy atom. The molecule has 0 aliphatic carbocycles. The highest BCUT2D eigenvalue weighted by atomic mass is 79.9. The van der Waals surface area contributed by atoms with Crippen molar-refractivity contribution in [3.63, 3.8) is 0 Å². The monoisotopic (exact) mass is 360 g/mol. The molecule has 0 radical (unpaired) electrons. The van der Waals surface area contributed by atoms with Crippen LogP contribution in [0.2, 0.25) is 0 Å². The standard InChI is InChI=1S/C13H18Br2N2/c1-13(2)9-17(8-4-7-16-13)12-10(14)5-3-6-11(12)15/h3,5-6,16H,4,7-9H2,1-2H3. The van der Waals surface area contributed by atoms with Gasteiger partial charge in [0.1, 0.15) is 0 Å². The summed E-state index contributed by atoms with van der Waals surface area (Å²) in [6, 6.07) is 6.26. The van der Waals surface area contributed by atoms with Crippen LogP contribution in [0.1, 0.15) is 20.3 Å². The number of anilines is 1. The number of halogens is 2. The van der Waals surface area contributed by atoms with Gasteiger partial charge in [0.2, 0.25) is 0 Å². The van der Waals surface area contributed by atoms with Crippen LogP contribution in [0.4, 0.5) is 5.69 Å². The Kier molecular flexibility index (Phi) is 4.16. The maximum atomic E-state index is 3.65. The van der Waals surface area contributed by atoms with Crippen molar-refractivity contribution < 1.29 is 0 Å². The lowest BCUT2D eigenvalue weighted by molar-refractivity contribution is 0.416. The summed E-state index contributed by atoms with van der Waals surface area (Å²) in [5.41, 5.74) is 1.43. The molecule has 1 heterocycles. The van der Waals surface area contributed by atoms with Gasteiger partial charge in [-0.25, -0.2) is 0 Å². The average Bonchev–Trinajstić information content (AvgIpc) is 2.39. The number of nitrogens with one attached hydrogen (secondary N) is 1. The normalized spacial score (nSPS) is 20.1. The molecule has 0 amide bonds. The van der Waals surface area contributed by atoms with Crippen LogP contribution in [0.25, 0.3) is 0 Å². The van der Waals surface area contributed by atoms with Crippen molar-refractivity contribution in [1.82, 2.24) is 5.32 Å². The van der Waals surface area contributed by atoms with Crippen LogP contribution in [0.5, 0.6) is 0 Å². The Hall–Kier alpha value is -0.0600. The molecular formula is C13H18Br2N2. The molecule has 17 heavy (non-hydrogen) atoms. The lowest BCUT2D eigenvalue weighted by atomic mass is 10.1. The molecule has 1 aromatic carbocycles. The molecule has 1 saturated heterocycles. The second-order valence-electron chi connectivity index (χ2n) is 5.16. The van der Waals surface area contributed by atoms with Gasteiger partial charge in [0.25, 0.3) is 0 Å². The lowest BCUT2D eigenvalue weighted by Crippen LogP contribution is -2.46. The molecule has 0 aromatic heterocycles. The van der Waals surface area contributed by atoms with Crippen molar-refractivity contribution in [3.05, 3.63) is 27.1 Å². The average molecular weight is 362 g/mol. The number of para-hydroxylation sites is 1. The Labute approximate surface area is 120 Å². The highest BCUT2D eigenvalue weighted by molar-refractivity contribution is 9.11. The maximum absolute atomic E-state index is 3.65. The SMILES string of the molecule is CC1(C)CN(c2c(Br)cccc2Br)CCCN1. The lowest BCUT2D eigenvalue weighted by Gasteiger charge is -2.32. The first-order valence-corrected chi connectivity index (χ1v) is 7.52. The first kappa shape index (κ1) is 13.4. The number of hydrogen-bond acceptors (Lipinski definition) is 2. The van der Waals surface area contributed by atoms with E-state index in [2.05, 4.69) is 74.1 Å².